The SMILES string of the molecule is N#Cc1ccc(-c2ccc3c(c2)c2cc(-c4ccc(C#N)cc4)ccc2n3-c2ccc(-c3ccc4c(c3)c3ccccc3n4-c3ccccc3)cc2-c2nc(-c3ccccc3)nc(-c3ccccc3)n2)cc1. The molecule has 0 saturated heterocycles. The van der Waals surface area contributed by atoms with E-state index in [1.165, 1.54) is 5.39 Å². The van der Waals surface area contributed by atoms with Crippen LogP contribution in [0.5, 0.6) is 0 Å². The number of hydrogen-bond donors (Lipinski definition) is 0. The van der Waals surface area contributed by atoms with Crippen LogP contribution in [0, 0.1) is 22.7 Å². The molecule has 0 N–H and O–H groups in total. The van der Waals surface area contributed by atoms with Crippen LogP contribution in [0.3, 0.4) is 0 Å². The number of nitriles is 2. The summed E-state index contributed by atoms with van der Waals surface area (Å²) in [6.45, 7) is 0. The lowest BCUT2D eigenvalue weighted by molar-refractivity contribution is 1.06. The maximum Gasteiger partial charge on any atom is 0.166 e. The summed E-state index contributed by atoms with van der Waals surface area (Å²) in [6, 6.07) is 85.9. The maximum absolute atomic E-state index is 9.59. The average molecular weight is 918 g/mol. The highest BCUT2D eigenvalue weighted by molar-refractivity contribution is 6.13. The van der Waals surface area contributed by atoms with Crippen LogP contribution in [0.15, 0.2) is 237 Å². The Morgan fingerprint density at radius 3 is 1.21 bits per heavy atom. The van der Waals surface area contributed by atoms with Crippen LogP contribution < -0.4 is 0 Å². The van der Waals surface area contributed by atoms with Crippen molar-refractivity contribution in [1.29, 1.82) is 10.5 Å². The molecule has 10 aromatic carbocycles. The van der Waals surface area contributed by atoms with Crippen molar-refractivity contribution in [3.8, 4) is 91.1 Å². The van der Waals surface area contributed by atoms with Gasteiger partial charge < -0.3 is 9.13 Å². The van der Waals surface area contributed by atoms with Gasteiger partial charge in [0, 0.05) is 43.9 Å². The van der Waals surface area contributed by atoms with Crippen molar-refractivity contribution in [2.24, 2.45) is 0 Å². The first-order valence-electron chi connectivity index (χ1n) is 23.8. The Balaban J connectivity index is 1.08. The van der Waals surface area contributed by atoms with Crippen molar-refractivity contribution in [3.05, 3.63) is 248 Å². The smallest absolute Gasteiger partial charge is 0.166 e. The van der Waals surface area contributed by atoms with E-state index in [0.717, 1.165) is 99.7 Å². The molecule has 0 spiro atoms. The fraction of sp³-hybridized carbons (Fsp3) is 0. The molecule has 334 valence electrons. The van der Waals surface area contributed by atoms with Gasteiger partial charge in [-0.1, -0.05) is 146 Å². The Morgan fingerprint density at radius 2 is 0.681 bits per heavy atom. The largest absolute Gasteiger partial charge is 0.309 e. The highest BCUT2D eigenvalue weighted by Gasteiger charge is 2.22. The predicted octanol–water partition coefficient (Wildman–Crippen LogP) is 15.8. The monoisotopic (exact) mass is 917 g/mol. The van der Waals surface area contributed by atoms with Crippen LogP contribution >= 0.6 is 0 Å². The van der Waals surface area contributed by atoms with Crippen LogP contribution in [0.2, 0.25) is 0 Å². The molecule has 3 aromatic heterocycles. The van der Waals surface area contributed by atoms with Crippen LogP contribution in [0.1, 0.15) is 11.1 Å². The number of hydrogen-bond acceptors (Lipinski definition) is 5. The van der Waals surface area contributed by atoms with E-state index in [4.69, 9.17) is 15.0 Å². The van der Waals surface area contributed by atoms with E-state index in [1.54, 1.807) is 0 Å². The van der Waals surface area contributed by atoms with E-state index < -0.39 is 0 Å². The second kappa shape index (κ2) is 17.4. The van der Waals surface area contributed by atoms with Crippen LogP contribution in [0.25, 0.3) is 123 Å². The molecule has 7 nitrogen and oxygen atoms in total. The first-order valence-corrected chi connectivity index (χ1v) is 23.8. The van der Waals surface area contributed by atoms with Gasteiger partial charge in [0.05, 0.1) is 51.0 Å². The number of fused-ring (bicyclic) bond motifs is 6. The van der Waals surface area contributed by atoms with E-state index in [-0.39, 0.29) is 0 Å². The molecule has 0 atom stereocenters. The van der Waals surface area contributed by atoms with Crippen molar-refractivity contribution < 1.29 is 0 Å². The molecular weight excluding hydrogens is 879 g/mol. The molecule has 0 fully saturated rings. The van der Waals surface area contributed by atoms with Gasteiger partial charge in [-0.2, -0.15) is 10.5 Å². The normalized spacial score (nSPS) is 11.3. The Labute approximate surface area is 415 Å². The Hall–Kier alpha value is -10.2. The lowest BCUT2D eigenvalue weighted by Gasteiger charge is -2.17. The van der Waals surface area contributed by atoms with E-state index in [9.17, 15) is 10.5 Å². The van der Waals surface area contributed by atoms with Crippen LogP contribution in [-0.4, -0.2) is 24.1 Å². The zero-order valence-electron chi connectivity index (χ0n) is 38.6. The predicted molar refractivity (Wildman–Crippen MR) is 291 cm³/mol. The number of benzene rings is 10. The Kier molecular flexibility index (Phi) is 10.1. The van der Waals surface area contributed by atoms with E-state index in [0.29, 0.717) is 28.6 Å². The van der Waals surface area contributed by atoms with Gasteiger partial charge in [0.25, 0.3) is 0 Å². The van der Waals surface area contributed by atoms with Gasteiger partial charge in [0.2, 0.25) is 0 Å². The molecule has 13 aromatic rings. The van der Waals surface area contributed by atoms with Gasteiger partial charge in [-0.3, -0.25) is 0 Å². The summed E-state index contributed by atoms with van der Waals surface area (Å²) in [7, 11) is 0. The van der Waals surface area contributed by atoms with Gasteiger partial charge in [0.1, 0.15) is 0 Å². The molecule has 0 aliphatic carbocycles. The fourth-order valence-corrected chi connectivity index (χ4v) is 10.1. The molecule has 0 amide bonds. The average Bonchev–Trinajstić information content (AvgIpc) is 3.97. The highest BCUT2D eigenvalue weighted by atomic mass is 15.1. The lowest BCUT2D eigenvalue weighted by Crippen LogP contribution is -2.04. The van der Waals surface area contributed by atoms with Crippen molar-refractivity contribution in [1.82, 2.24) is 24.1 Å². The van der Waals surface area contributed by atoms with Gasteiger partial charge in [-0.25, -0.2) is 15.0 Å². The van der Waals surface area contributed by atoms with E-state index in [1.807, 2.05) is 109 Å². The molecule has 0 saturated carbocycles. The summed E-state index contributed by atoms with van der Waals surface area (Å²) in [5.41, 5.74) is 16.3. The summed E-state index contributed by atoms with van der Waals surface area (Å²) in [6.07, 6.45) is 0. The lowest BCUT2D eigenvalue weighted by atomic mass is 9.99. The molecule has 7 heteroatoms. The molecule has 3 heterocycles. The van der Waals surface area contributed by atoms with Crippen molar-refractivity contribution in [2.45, 2.75) is 0 Å². The summed E-state index contributed by atoms with van der Waals surface area (Å²) >= 11 is 0. The standard InChI is InChI=1S/C65H39N7/c66-40-42-20-24-44(25-21-42)48-28-33-60-55(36-48)56-37-49(45-26-22-43(41-67)23-27-45)29-34-61(56)72(60)62-35-31-51(50-30-32-59-54(38-50)53-18-10-11-19-58(53)71(59)52-16-8-3-9-17-52)39-57(62)65-69-63(46-12-4-1-5-13-46)68-64(70-65)47-14-6-2-7-15-47/h1-39H. The van der Waals surface area contributed by atoms with E-state index >= 15 is 0 Å². The first-order chi connectivity index (χ1) is 35.6. The zero-order valence-corrected chi connectivity index (χ0v) is 38.6. The molecule has 0 aliphatic heterocycles. The zero-order chi connectivity index (χ0) is 48.1. The summed E-state index contributed by atoms with van der Waals surface area (Å²) in [4.78, 5) is 15.8. The van der Waals surface area contributed by atoms with Crippen molar-refractivity contribution >= 4 is 43.6 Å². The molecule has 0 radical (unpaired) electrons. The topological polar surface area (TPSA) is 96.1 Å². The summed E-state index contributed by atoms with van der Waals surface area (Å²) in [5, 5.41) is 23.6. The number of nitrogens with zero attached hydrogens (tertiary/aromatic N) is 7. The third-order valence-corrected chi connectivity index (χ3v) is 13.7. The number of rotatable bonds is 8. The minimum atomic E-state index is 0.541. The maximum atomic E-state index is 9.59. The van der Waals surface area contributed by atoms with Crippen LogP contribution in [0.4, 0.5) is 0 Å². The Bertz CT molecular complexity index is 4140. The minimum absolute atomic E-state index is 0.541. The van der Waals surface area contributed by atoms with Gasteiger partial charge in [-0.15, -0.1) is 0 Å². The van der Waals surface area contributed by atoms with Crippen molar-refractivity contribution in [3.63, 3.8) is 0 Å². The molecule has 0 bridgehead atoms. The van der Waals surface area contributed by atoms with Crippen molar-refractivity contribution in [2.75, 3.05) is 0 Å². The third-order valence-electron chi connectivity index (χ3n) is 13.7. The first kappa shape index (κ1) is 41.9. The Morgan fingerprint density at radius 1 is 0.292 bits per heavy atom. The second-order valence-corrected chi connectivity index (χ2v) is 17.9. The highest BCUT2D eigenvalue weighted by Crippen LogP contribution is 2.42. The third kappa shape index (κ3) is 7.25. The second-order valence-electron chi connectivity index (χ2n) is 17.9. The van der Waals surface area contributed by atoms with Gasteiger partial charge in [-0.05, 0) is 124 Å². The molecule has 0 aliphatic rings. The number of aromatic nitrogens is 5. The van der Waals surface area contributed by atoms with E-state index in [2.05, 4.69) is 149 Å². The molecule has 13 rings (SSSR count). The fourth-order valence-electron chi connectivity index (χ4n) is 10.1. The van der Waals surface area contributed by atoms with Gasteiger partial charge >= 0.3 is 0 Å². The quantitative estimate of drug-likeness (QED) is 0.151. The van der Waals surface area contributed by atoms with Crippen LogP contribution in [-0.2, 0) is 0 Å². The molecule has 72 heavy (non-hydrogen) atoms. The summed E-state index contributed by atoms with van der Waals surface area (Å²) in [5.74, 6) is 1.69. The summed E-state index contributed by atoms with van der Waals surface area (Å²) < 4.78 is 4.67. The minimum Gasteiger partial charge on any atom is -0.309 e. The molecular formula is C65H39N7. The van der Waals surface area contributed by atoms with Gasteiger partial charge in [0.15, 0.2) is 17.5 Å². The molecule has 0 unspecified atom stereocenters. The number of para-hydroxylation sites is 2.